The largest absolute Gasteiger partial charge is 0.409 e. The second-order valence-electron chi connectivity index (χ2n) is 4.85. The van der Waals surface area contributed by atoms with Crippen molar-refractivity contribution in [2.75, 3.05) is 11.9 Å². The Bertz CT molecular complexity index is 541. The van der Waals surface area contributed by atoms with Gasteiger partial charge in [-0.2, -0.15) is 0 Å². The van der Waals surface area contributed by atoms with Crippen LogP contribution in [-0.2, 0) is 0 Å². The van der Waals surface area contributed by atoms with E-state index in [-0.39, 0.29) is 17.9 Å². The Morgan fingerprint density at radius 3 is 2.52 bits per heavy atom. The number of carbonyl (C=O) groups is 1. The van der Waals surface area contributed by atoms with Gasteiger partial charge in [0.25, 0.3) is 0 Å². The highest BCUT2D eigenvalue weighted by molar-refractivity contribution is 6.35. The van der Waals surface area contributed by atoms with Crippen LogP contribution in [0.3, 0.4) is 0 Å². The van der Waals surface area contributed by atoms with Crippen molar-refractivity contribution in [1.29, 1.82) is 0 Å². The maximum Gasteiger partial charge on any atom is 0.322 e. The van der Waals surface area contributed by atoms with Crippen molar-refractivity contribution >= 4 is 40.8 Å². The van der Waals surface area contributed by atoms with Gasteiger partial charge in [-0.3, -0.25) is 0 Å². The second-order valence-corrected chi connectivity index (χ2v) is 5.73. The standard InChI is InChI=1S/C13H16Cl2N4O2/c14-8-5-9(15)7-10(6-8)17-13(20)19(11-1-2-11)4-3-12(16)18-21/h5-7,11,21H,1-4H2,(H2,16,18)(H,17,20). The Hall–Kier alpha value is -1.66. The average Bonchev–Trinajstić information content (AvgIpc) is 3.21. The first kappa shape index (κ1) is 15.7. The van der Waals surface area contributed by atoms with Crippen LogP contribution >= 0.6 is 23.2 Å². The highest BCUT2D eigenvalue weighted by Crippen LogP contribution is 2.28. The zero-order valence-electron chi connectivity index (χ0n) is 11.2. The minimum atomic E-state index is -0.249. The summed E-state index contributed by atoms with van der Waals surface area (Å²) in [6.45, 7) is 0.390. The Labute approximate surface area is 132 Å². The van der Waals surface area contributed by atoms with Crippen LogP contribution in [0.1, 0.15) is 19.3 Å². The lowest BCUT2D eigenvalue weighted by molar-refractivity contribution is 0.210. The maximum atomic E-state index is 12.3. The summed E-state index contributed by atoms with van der Waals surface area (Å²) in [4.78, 5) is 14.0. The first-order valence-corrected chi connectivity index (χ1v) is 7.25. The molecule has 1 aromatic rings. The molecule has 21 heavy (non-hydrogen) atoms. The van der Waals surface area contributed by atoms with Gasteiger partial charge in [0.1, 0.15) is 5.84 Å². The number of nitrogens with two attached hydrogens (primary N) is 1. The van der Waals surface area contributed by atoms with Crippen LogP contribution < -0.4 is 11.1 Å². The topological polar surface area (TPSA) is 91.0 Å². The Kier molecular flexibility index (Phi) is 5.14. The first-order valence-electron chi connectivity index (χ1n) is 6.49. The lowest BCUT2D eigenvalue weighted by Gasteiger charge is -2.22. The van der Waals surface area contributed by atoms with Crippen LogP contribution in [0, 0.1) is 0 Å². The molecular weight excluding hydrogens is 315 g/mol. The van der Waals surface area contributed by atoms with Crippen molar-refractivity contribution in [2.45, 2.75) is 25.3 Å². The van der Waals surface area contributed by atoms with Gasteiger partial charge in [0.15, 0.2) is 0 Å². The molecule has 4 N–H and O–H groups in total. The summed E-state index contributed by atoms with van der Waals surface area (Å²) in [6, 6.07) is 4.79. The van der Waals surface area contributed by atoms with Gasteiger partial charge < -0.3 is 21.2 Å². The summed E-state index contributed by atoms with van der Waals surface area (Å²) in [5.74, 6) is 0.0965. The SMILES string of the molecule is N/C(CCN(C(=O)Nc1cc(Cl)cc(Cl)c1)C1CC1)=N/O. The van der Waals surface area contributed by atoms with E-state index in [1.54, 1.807) is 23.1 Å². The molecule has 0 atom stereocenters. The fourth-order valence-electron chi connectivity index (χ4n) is 1.94. The number of benzene rings is 1. The summed E-state index contributed by atoms with van der Waals surface area (Å²) in [6.07, 6.45) is 2.23. The molecule has 1 aliphatic rings. The number of oxime groups is 1. The molecule has 2 amide bonds. The molecule has 8 heteroatoms. The molecule has 0 spiro atoms. The molecule has 1 fully saturated rings. The minimum Gasteiger partial charge on any atom is -0.409 e. The molecule has 2 rings (SSSR count). The third kappa shape index (κ3) is 4.68. The van der Waals surface area contributed by atoms with E-state index >= 15 is 0 Å². The summed E-state index contributed by atoms with van der Waals surface area (Å²) in [5.41, 5.74) is 5.98. The van der Waals surface area contributed by atoms with Crippen LogP contribution in [0.25, 0.3) is 0 Å². The highest BCUT2D eigenvalue weighted by atomic mass is 35.5. The van der Waals surface area contributed by atoms with E-state index in [2.05, 4.69) is 10.5 Å². The number of rotatable bonds is 5. The van der Waals surface area contributed by atoms with Gasteiger partial charge in [0, 0.05) is 34.7 Å². The molecule has 1 aromatic carbocycles. The number of anilines is 1. The summed E-state index contributed by atoms with van der Waals surface area (Å²) in [7, 11) is 0. The van der Waals surface area contributed by atoms with E-state index in [1.807, 2.05) is 0 Å². The lowest BCUT2D eigenvalue weighted by atomic mass is 10.3. The Balaban J connectivity index is 2.01. The molecule has 0 aromatic heterocycles. The number of urea groups is 1. The molecule has 6 nitrogen and oxygen atoms in total. The molecule has 0 unspecified atom stereocenters. The highest BCUT2D eigenvalue weighted by Gasteiger charge is 2.32. The van der Waals surface area contributed by atoms with Crippen molar-refractivity contribution in [3.8, 4) is 0 Å². The van der Waals surface area contributed by atoms with Crippen molar-refractivity contribution in [3.05, 3.63) is 28.2 Å². The van der Waals surface area contributed by atoms with Gasteiger partial charge in [-0.1, -0.05) is 28.4 Å². The quantitative estimate of drug-likeness (QED) is 0.335. The third-order valence-electron chi connectivity index (χ3n) is 3.10. The van der Waals surface area contributed by atoms with Crippen LogP contribution in [-0.4, -0.2) is 34.6 Å². The fraction of sp³-hybridized carbons (Fsp3) is 0.385. The molecule has 0 aliphatic heterocycles. The number of carbonyl (C=O) groups excluding carboxylic acids is 1. The summed E-state index contributed by atoms with van der Waals surface area (Å²) in [5, 5.41) is 15.1. The van der Waals surface area contributed by atoms with Crippen LogP contribution in [0.4, 0.5) is 10.5 Å². The van der Waals surface area contributed by atoms with E-state index in [0.717, 1.165) is 12.8 Å². The summed E-state index contributed by atoms with van der Waals surface area (Å²) < 4.78 is 0. The zero-order valence-corrected chi connectivity index (χ0v) is 12.7. The predicted octanol–water partition coefficient (Wildman–Crippen LogP) is 3.13. The maximum absolute atomic E-state index is 12.3. The van der Waals surface area contributed by atoms with Gasteiger partial charge in [-0.15, -0.1) is 0 Å². The van der Waals surface area contributed by atoms with Gasteiger partial charge >= 0.3 is 6.03 Å². The Morgan fingerprint density at radius 1 is 1.38 bits per heavy atom. The Morgan fingerprint density at radius 2 is 2.00 bits per heavy atom. The number of nitrogens with zero attached hydrogens (tertiary/aromatic N) is 2. The summed E-state index contributed by atoms with van der Waals surface area (Å²) >= 11 is 11.8. The fourth-order valence-corrected chi connectivity index (χ4v) is 2.47. The predicted molar refractivity (Wildman–Crippen MR) is 83.2 cm³/mol. The van der Waals surface area contributed by atoms with Crippen molar-refractivity contribution < 1.29 is 10.0 Å². The van der Waals surface area contributed by atoms with Crippen molar-refractivity contribution in [1.82, 2.24) is 4.90 Å². The van der Waals surface area contributed by atoms with Crippen molar-refractivity contribution in [2.24, 2.45) is 10.9 Å². The number of halogens is 2. The van der Waals surface area contributed by atoms with Gasteiger partial charge in [0.2, 0.25) is 0 Å². The van der Waals surface area contributed by atoms with Gasteiger partial charge in [-0.25, -0.2) is 4.79 Å². The molecule has 114 valence electrons. The molecular formula is C13H16Cl2N4O2. The number of nitrogens with one attached hydrogen (secondary N) is 1. The number of amidine groups is 1. The van der Waals surface area contributed by atoms with E-state index in [1.165, 1.54) is 0 Å². The van der Waals surface area contributed by atoms with Crippen LogP contribution in [0.2, 0.25) is 10.0 Å². The number of amides is 2. The third-order valence-corrected chi connectivity index (χ3v) is 3.54. The lowest BCUT2D eigenvalue weighted by Crippen LogP contribution is -2.38. The smallest absolute Gasteiger partial charge is 0.322 e. The van der Waals surface area contributed by atoms with E-state index in [0.29, 0.717) is 28.7 Å². The monoisotopic (exact) mass is 330 g/mol. The normalized spacial score (nSPS) is 14.9. The molecule has 0 heterocycles. The molecule has 0 saturated heterocycles. The van der Waals surface area contributed by atoms with E-state index in [4.69, 9.17) is 34.1 Å². The molecule has 0 radical (unpaired) electrons. The molecule has 1 saturated carbocycles. The van der Waals surface area contributed by atoms with Gasteiger partial charge in [0.05, 0.1) is 0 Å². The van der Waals surface area contributed by atoms with Crippen LogP contribution in [0.5, 0.6) is 0 Å². The first-order chi connectivity index (χ1) is 9.99. The van der Waals surface area contributed by atoms with Crippen molar-refractivity contribution in [3.63, 3.8) is 0 Å². The van der Waals surface area contributed by atoms with E-state index < -0.39 is 0 Å². The second kappa shape index (κ2) is 6.87. The minimum absolute atomic E-state index is 0.0965. The van der Waals surface area contributed by atoms with E-state index in [9.17, 15) is 4.79 Å². The molecule has 0 bridgehead atoms. The van der Waals surface area contributed by atoms with Crippen LogP contribution in [0.15, 0.2) is 23.4 Å². The number of hydrogen-bond acceptors (Lipinski definition) is 3. The zero-order chi connectivity index (χ0) is 15.4. The number of hydrogen-bond donors (Lipinski definition) is 3. The molecule has 1 aliphatic carbocycles. The van der Waals surface area contributed by atoms with Gasteiger partial charge in [-0.05, 0) is 31.0 Å². The average molecular weight is 331 g/mol.